The van der Waals surface area contributed by atoms with Crippen LogP contribution in [0.2, 0.25) is 0 Å². The van der Waals surface area contributed by atoms with Crippen molar-refractivity contribution in [2.75, 3.05) is 16.0 Å². The second kappa shape index (κ2) is 5.10. The Morgan fingerprint density at radius 3 is 2.56 bits per heavy atom. The van der Waals surface area contributed by atoms with Gasteiger partial charge >= 0.3 is 0 Å². The largest absolute Gasteiger partial charge is 0.323 e. The summed E-state index contributed by atoms with van der Waals surface area (Å²) in [5.41, 5.74) is 2.38. The monoisotopic (exact) mass is 346 g/mol. The lowest BCUT2D eigenvalue weighted by Gasteiger charge is -2.32. The van der Waals surface area contributed by atoms with Gasteiger partial charge in [0.1, 0.15) is 0 Å². The SMILES string of the molecule is O=C1CS[C@]2(C(=O)Nc3ccccc32)N1c1ccc2ccccc2c1. The fourth-order valence-electron chi connectivity index (χ4n) is 3.69. The highest BCUT2D eigenvalue weighted by molar-refractivity contribution is 8.02. The minimum Gasteiger partial charge on any atom is -0.323 e. The molecule has 1 N–H and O–H groups in total. The molecule has 1 fully saturated rings. The van der Waals surface area contributed by atoms with Crippen molar-refractivity contribution in [2.24, 2.45) is 0 Å². The molecule has 3 aromatic rings. The lowest BCUT2D eigenvalue weighted by atomic mass is 10.0. The number of hydrogen-bond acceptors (Lipinski definition) is 3. The molecule has 3 aromatic carbocycles. The Hall–Kier alpha value is -2.79. The van der Waals surface area contributed by atoms with Gasteiger partial charge in [-0.3, -0.25) is 14.5 Å². The van der Waals surface area contributed by atoms with Gasteiger partial charge in [-0.25, -0.2) is 0 Å². The zero-order valence-electron chi connectivity index (χ0n) is 13.2. The maximum atomic E-state index is 12.9. The van der Waals surface area contributed by atoms with Crippen molar-refractivity contribution in [3.63, 3.8) is 0 Å². The van der Waals surface area contributed by atoms with Gasteiger partial charge in [0.05, 0.1) is 5.75 Å². The number of fused-ring (bicyclic) bond motifs is 3. The molecular formula is C20H14N2O2S. The van der Waals surface area contributed by atoms with E-state index in [1.165, 1.54) is 11.8 Å². The number of nitrogens with zero attached hydrogens (tertiary/aromatic N) is 1. The number of thioether (sulfide) groups is 1. The first-order valence-electron chi connectivity index (χ1n) is 8.07. The fraction of sp³-hybridized carbons (Fsp3) is 0.100. The Balaban J connectivity index is 1.73. The van der Waals surface area contributed by atoms with E-state index >= 15 is 0 Å². The molecule has 2 amide bonds. The van der Waals surface area contributed by atoms with Gasteiger partial charge < -0.3 is 5.32 Å². The average molecular weight is 346 g/mol. The van der Waals surface area contributed by atoms with Gasteiger partial charge in [-0.2, -0.15) is 0 Å². The Morgan fingerprint density at radius 2 is 1.68 bits per heavy atom. The summed E-state index contributed by atoms with van der Waals surface area (Å²) in [4.78, 5) is 26.3. The summed E-state index contributed by atoms with van der Waals surface area (Å²) in [7, 11) is 0. The molecule has 0 aromatic heterocycles. The van der Waals surface area contributed by atoms with Crippen LogP contribution < -0.4 is 10.2 Å². The minimum absolute atomic E-state index is 0.0489. The molecule has 0 bridgehead atoms. The van der Waals surface area contributed by atoms with E-state index in [-0.39, 0.29) is 17.6 Å². The van der Waals surface area contributed by atoms with E-state index in [0.717, 1.165) is 27.7 Å². The Morgan fingerprint density at radius 1 is 0.920 bits per heavy atom. The molecule has 4 nitrogen and oxygen atoms in total. The standard InChI is InChI=1S/C20H14N2O2S/c23-18-12-25-20(16-7-3-4-8-17(16)21-19(20)24)22(18)15-10-9-13-5-1-2-6-14(13)11-15/h1-11H,12H2,(H,21,24)/t20-/m1/s1. The van der Waals surface area contributed by atoms with Crippen molar-refractivity contribution in [2.45, 2.75) is 4.87 Å². The van der Waals surface area contributed by atoms with Crippen LogP contribution >= 0.6 is 11.8 Å². The van der Waals surface area contributed by atoms with Crippen LogP contribution in [0.15, 0.2) is 66.7 Å². The highest BCUT2D eigenvalue weighted by Gasteiger charge is 2.58. The number of para-hydroxylation sites is 1. The van der Waals surface area contributed by atoms with E-state index in [1.54, 1.807) is 4.90 Å². The van der Waals surface area contributed by atoms with Crippen LogP contribution in [0.1, 0.15) is 5.56 Å². The van der Waals surface area contributed by atoms with Crippen molar-refractivity contribution >= 4 is 45.7 Å². The van der Waals surface area contributed by atoms with E-state index in [1.807, 2.05) is 66.7 Å². The third-order valence-electron chi connectivity index (χ3n) is 4.81. The first kappa shape index (κ1) is 14.5. The molecule has 5 heteroatoms. The van der Waals surface area contributed by atoms with E-state index in [2.05, 4.69) is 5.32 Å². The predicted octanol–water partition coefficient (Wildman–Crippen LogP) is 3.72. The van der Waals surface area contributed by atoms with Gasteiger partial charge in [0.25, 0.3) is 5.91 Å². The Bertz CT molecular complexity index is 1050. The van der Waals surface area contributed by atoms with E-state index in [0.29, 0.717) is 0 Å². The van der Waals surface area contributed by atoms with Crippen LogP contribution in [0.5, 0.6) is 0 Å². The number of benzene rings is 3. The van der Waals surface area contributed by atoms with Gasteiger partial charge in [-0.1, -0.05) is 48.5 Å². The molecule has 2 heterocycles. The van der Waals surface area contributed by atoms with E-state index in [9.17, 15) is 9.59 Å². The van der Waals surface area contributed by atoms with Crippen LogP contribution in [0.3, 0.4) is 0 Å². The van der Waals surface area contributed by atoms with E-state index < -0.39 is 4.87 Å². The third-order valence-corrected chi connectivity index (χ3v) is 6.21. The molecule has 25 heavy (non-hydrogen) atoms. The van der Waals surface area contributed by atoms with E-state index in [4.69, 9.17) is 0 Å². The molecule has 1 atom stereocenters. The topological polar surface area (TPSA) is 49.4 Å². The highest BCUT2D eigenvalue weighted by Crippen LogP contribution is 2.53. The van der Waals surface area contributed by atoms with Crippen molar-refractivity contribution < 1.29 is 9.59 Å². The van der Waals surface area contributed by atoms with Crippen molar-refractivity contribution in [1.82, 2.24) is 0 Å². The van der Waals surface area contributed by atoms with Crippen molar-refractivity contribution in [3.8, 4) is 0 Å². The number of amides is 2. The van der Waals surface area contributed by atoms with Crippen LogP contribution in [-0.4, -0.2) is 17.6 Å². The average Bonchev–Trinajstić information content (AvgIpc) is 3.13. The quantitative estimate of drug-likeness (QED) is 0.730. The van der Waals surface area contributed by atoms with Gasteiger partial charge in [-0.15, -0.1) is 11.8 Å². The molecule has 0 saturated carbocycles. The predicted molar refractivity (Wildman–Crippen MR) is 101 cm³/mol. The highest BCUT2D eigenvalue weighted by atomic mass is 32.2. The van der Waals surface area contributed by atoms with Gasteiger partial charge in [0.15, 0.2) is 0 Å². The summed E-state index contributed by atoms with van der Waals surface area (Å²) in [5.74, 6) is 0.0824. The Labute approximate surface area is 148 Å². The summed E-state index contributed by atoms with van der Waals surface area (Å²) < 4.78 is 0. The molecule has 2 aliphatic rings. The zero-order valence-corrected chi connectivity index (χ0v) is 14.0. The molecule has 1 saturated heterocycles. The Kier molecular flexibility index (Phi) is 2.97. The molecular weight excluding hydrogens is 332 g/mol. The number of carbonyl (C=O) groups is 2. The lowest BCUT2D eigenvalue weighted by molar-refractivity contribution is -0.122. The first-order valence-corrected chi connectivity index (χ1v) is 9.05. The maximum Gasteiger partial charge on any atom is 0.266 e. The normalized spacial score (nSPS) is 21.8. The summed E-state index contributed by atoms with van der Waals surface area (Å²) in [5, 5.41) is 5.09. The number of anilines is 2. The summed E-state index contributed by atoms with van der Waals surface area (Å²) in [6.45, 7) is 0. The number of rotatable bonds is 1. The number of nitrogens with one attached hydrogen (secondary N) is 1. The fourth-order valence-corrected chi connectivity index (χ4v) is 5.01. The second-order valence-corrected chi connectivity index (χ2v) is 7.36. The molecule has 0 radical (unpaired) electrons. The lowest BCUT2D eigenvalue weighted by Crippen LogP contribution is -2.47. The zero-order chi connectivity index (χ0) is 17.0. The molecule has 0 aliphatic carbocycles. The number of carbonyl (C=O) groups excluding carboxylic acids is 2. The summed E-state index contributed by atoms with van der Waals surface area (Å²) in [6, 6.07) is 21.5. The molecule has 1 spiro atoms. The van der Waals surface area contributed by atoms with Gasteiger partial charge in [0, 0.05) is 16.9 Å². The van der Waals surface area contributed by atoms with Gasteiger partial charge in [-0.05, 0) is 29.0 Å². The van der Waals surface area contributed by atoms with Crippen molar-refractivity contribution in [1.29, 1.82) is 0 Å². The van der Waals surface area contributed by atoms with Gasteiger partial charge in [0.2, 0.25) is 10.8 Å². The maximum absolute atomic E-state index is 12.9. The van der Waals surface area contributed by atoms with Crippen LogP contribution in [0.25, 0.3) is 10.8 Å². The third kappa shape index (κ3) is 1.90. The van der Waals surface area contributed by atoms with Crippen LogP contribution in [0, 0.1) is 0 Å². The van der Waals surface area contributed by atoms with Crippen LogP contribution in [0.4, 0.5) is 11.4 Å². The smallest absolute Gasteiger partial charge is 0.266 e. The summed E-state index contributed by atoms with van der Waals surface area (Å²) >= 11 is 1.38. The first-order chi connectivity index (χ1) is 12.2. The second-order valence-electron chi connectivity index (χ2n) is 6.19. The number of hydrogen-bond donors (Lipinski definition) is 1. The molecule has 5 rings (SSSR count). The minimum atomic E-state index is -1.02. The molecule has 0 unspecified atom stereocenters. The molecule has 122 valence electrons. The van der Waals surface area contributed by atoms with Crippen molar-refractivity contribution in [3.05, 3.63) is 72.3 Å². The van der Waals surface area contributed by atoms with Crippen LogP contribution in [-0.2, 0) is 14.5 Å². The molecule has 2 aliphatic heterocycles. The summed E-state index contributed by atoms with van der Waals surface area (Å²) in [6.07, 6.45) is 0.